The van der Waals surface area contributed by atoms with Gasteiger partial charge in [-0.05, 0) is 6.92 Å². The lowest BCUT2D eigenvalue weighted by atomic mass is 10.4. The van der Waals surface area contributed by atoms with Gasteiger partial charge in [-0.1, -0.05) is 0 Å². The molecule has 0 fully saturated rings. The quantitative estimate of drug-likeness (QED) is 0.483. The highest BCUT2D eigenvalue weighted by atomic mass is 32.2. The van der Waals surface area contributed by atoms with Crippen LogP contribution in [0.5, 0.6) is 0 Å². The van der Waals surface area contributed by atoms with Crippen LogP contribution in [0.4, 0.5) is 0 Å². The van der Waals surface area contributed by atoms with E-state index in [1.54, 1.807) is 0 Å². The lowest BCUT2D eigenvalue weighted by Gasteiger charge is -2.09. The molecule has 0 amide bonds. The minimum atomic E-state index is -1.08. The molecule has 0 rings (SSSR count). The van der Waals surface area contributed by atoms with E-state index in [1.165, 1.54) is 6.92 Å². The number of rotatable bonds is 5. The lowest BCUT2D eigenvalue weighted by Crippen LogP contribution is -2.35. The molecule has 2 atom stereocenters. The summed E-state index contributed by atoms with van der Waals surface area (Å²) < 4.78 is 0. The van der Waals surface area contributed by atoms with Crippen molar-refractivity contribution in [3.05, 3.63) is 0 Å². The fraction of sp³-hybridized carbons (Fsp3) is 0.667. The maximum atomic E-state index is 10.6. The van der Waals surface area contributed by atoms with Gasteiger partial charge in [-0.3, -0.25) is 9.59 Å². The van der Waals surface area contributed by atoms with Crippen LogP contribution in [0.1, 0.15) is 6.92 Å². The Morgan fingerprint density at radius 2 is 2.00 bits per heavy atom. The summed E-state index contributed by atoms with van der Waals surface area (Å²) in [6.45, 7) is 1.35. The monoisotopic (exact) mass is 192 g/mol. The predicted octanol–water partition coefficient (Wildman–Crippen LogP) is -0.995. The fourth-order valence-corrected chi connectivity index (χ4v) is 1.19. The third kappa shape index (κ3) is 4.32. The molecule has 70 valence electrons. The highest BCUT2D eigenvalue weighted by Gasteiger charge is 2.15. The minimum Gasteiger partial charge on any atom is -0.480 e. The second-order valence-electron chi connectivity index (χ2n) is 2.31. The summed E-state index contributed by atoms with van der Waals surface area (Å²) >= 11 is 1.04. The van der Waals surface area contributed by atoms with E-state index >= 15 is 0 Å². The first kappa shape index (κ1) is 11.4. The predicted molar refractivity (Wildman–Crippen MR) is 46.7 cm³/mol. The summed E-state index contributed by atoms with van der Waals surface area (Å²) in [4.78, 5) is 20.8. The average molecular weight is 192 g/mol. The topological polar surface area (TPSA) is 106 Å². The molecule has 12 heavy (non-hydrogen) atoms. The average Bonchev–Trinajstić information content (AvgIpc) is 1.98. The first-order chi connectivity index (χ1) is 5.45. The van der Waals surface area contributed by atoms with Crippen molar-refractivity contribution in [3.8, 4) is 0 Å². The molecule has 0 saturated heterocycles. The van der Waals surface area contributed by atoms with Crippen LogP contribution in [-0.2, 0) is 9.59 Å². The van der Waals surface area contributed by atoms with Gasteiger partial charge in [0.1, 0.15) is 11.4 Å². The Hall–Kier alpha value is -0.590. The highest BCUT2D eigenvalue weighted by molar-refractivity contribution is 8.00. The maximum Gasteiger partial charge on any atom is 0.321 e. The van der Waals surface area contributed by atoms with E-state index in [1.807, 2.05) is 0 Å². The minimum absolute atomic E-state index is 0.149. The third-order valence-electron chi connectivity index (χ3n) is 1.17. The largest absolute Gasteiger partial charge is 0.480 e. The Kier molecular flexibility index (Phi) is 4.87. The van der Waals surface area contributed by atoms with Gasteiger partial charge in [0.05, 0.1) is 0 Å². The lowest BCUT2D eigenvalue weighted by molar-refractivity contribution is -0.137. The highest BCUT2D eigenvalue weighted by Crippen LogP contribution is 2.07. The summed E-state index contributed by atoms with van der Waals surface area (Å²) in [5.74, 6) is -1.12. The van der Waals surface area contributed by atoms with E-state index in [4.69, 9.17) is 16.6 Å². The summed E-state index contributed by atoms with van der Waals surface area (Å²) in [6.07, 6.45) is 0. The van der Waals surface area contributed by atoms with Crippen LogP contribution in [0, 0.1) is 0 Å². The molecule has 0 aromatic carbocycles. The van der Waals surface area contributed by atoms with Crippen LogP contribution in [0.3, 0.4) is 0 Å². The first-order valence-electron chi connectivity index (χ1n) is 3.31. The van der Waals surface area contributed by atoms with Gasteiger partial charge in [0.25, 0.3) is 0 Å². The summed E-state index contributed by atoms with van der Waals surface area (Å²) in [5, 5.41) is 7.70. The van der Waals surface area contributed by atoms with Crippen molar-refractivity contribution < 1.29 is 14.7 Å². The Bertz CT molecular complexity index is 166. The maximum absolute atomic E-state index is 10.6. The molecule has 0 spiro atoms. The van der Waals surface area contributed by atoms with E-state index in [0.29, 0.717) is 0 Å². The molecule has 5 nitrogen and oxygen atoms in total. The number of carboxylic acid groups (broad SMARTS) is 1. The van der Waals surface area contributed by atoms with Crippen LogP contribution in [0.2, 0.25) is 0 Å². The molecule has 0 radical (unpaired) electrons. The normalized spacial score (nSPS) is 15.2. The Labute approximate surface area is 74.5 Å². The molecule has 1 unspecified atom stereocenters. The third-order valence-corrected chi connectivity index (χ3v) is 2.42. The molecule has 0 aliphatic heterocycles. The number of carbonyl (C=O) groups is 2. The molecular weight excluding hydrogens is 180 g/mol. The Morgan fingerprint density at radius 3 is 2.33 bits per heavy atom. The van der Waals surface area contributed by atoms with Gasteiger partial charge < -0.3 is 16.6 Å². The van der Waals surface area contributed by atoms with Gasteiger partial charge in [0.2, 0.25) is 0 Å². The van der Waals surface area contributed by atoms with Crippen LogP contribution in [-0.4, -0.2) is 34.0 Å². The zero-order valence-electron chi connectivity index (χ0n) is 6.69. The number of hydrogen-bond acceptors (Lipinski definition) is 5. The van der Waals surface area contributed by atoms with Crippen molar-refractivity contribution in [2.75, 3.05) is 5.75 Å². The van der Waals surface area contributed by atoms with E-state index in [9.17, 15) is 9.59 Å². The number of aliphatic carboxylic acids is 1. The number of Topliss-reactive ketones (excluding diaryl/α,β-unsaturated/α-hetero) is 1. The molecule has 0 bridgehead atoms. The standard InChI is InChI=1S/C6H12N2O3S/c1-3(9)5(8)12-2-4(7)6(10)11/h4-5H,2,7-8H2,1H3,(H,10,11)/t4-,5?/m1/s1. The van der Waals surface area contributed by atoms with Gasteiger partial charge in [0.15, 0.2) is 5.78 Å². The molecule has 0 heterocycles. The van der Waals surface area contributed by atoms with Crippen molar-refractivity contribution in [3.63, 3.8) is 0 Å². The Balaban J connectivity index is 3.68. The number of hydrogen-bond donors (Lipinski definition) is 3. The summed E-state index contributed by atoms with van der Waals surface area (Å²) in [7, 11) is 0. The molecule has 0 aromatic rings. The van der Waals surface area contributed by atoms with Crippen LogP contribution < -0.4 is 11.5 Å². The van der Waals surface area contributed by atoms with Crippen molar-refractivity contribution in [1.82, 2.24) is 0 Å². The number of carboxylic acids is 1. The molecular formula is C6H12N2O3S. The van der Waals surface area contributed by atoms with Crippen molar-refractivity contribution in [1.29, 1.82) is 0 Å². The zero-order valence-corrected chi connectivity index (χ0v) is 7.50. The van der Waals surface area contributed by atoms with Gasteiger partial charge in [-0.2, -0.15) is 0 Å². The van der Waals surface area contributed by atoms with Crippen LogP contribution in [0.25, 0.3) is 0 Å². The van der Waals surface area contributed by atoms with E-state index in [2.05, 4.69) is 0 Å². The van der Waals surface area contributed by atoms with Crippen molar-refractivity contribution in [2.24, 2.45) is 11.5 Å². The second kappa shape index (κ2) is 5.13. The van der Waals surface area contributed by atoms with Crippen molar-refractivity contribution in [2.45, 2.75) is 18.3 Å². The summed E-state index contributed by atoms with van der Waals surface area (Å²) in [6, 6.07) is -0.958. The molecule has 6 heteroatoms. The number of carbonyl (C=O) groups excluding carboxylic acids is 1. The number of ketones is 1. The van der Waals surface area contributed by atoms with Crippen molar-refractivity contribution >= 4 is 23.5 Å². The molecule has 0 aliphatic rings. The first-order valence-corrected chi connectivity index (χ1v) is 4.36. The van der Waals surface area contributed by atoms with E-state index in [0.717, 1.165) is 11.8 Å². The molecule has 0 saturated carbocycles. The second-order valence-corrected chi connectivity index (χ2v) is 3.48. The number of nitrogens with two attached hydrogens (primary N) is 2. The van der Waals surface area contributed by atoms with E-state index < -0.39 is 17.4 Å². The molecule has 0 aliphatic carbocycles. The smallest absolute Gasteiger partial charge is 0.321 e. The van der Waals surface area contributed by atoms with Gasteiger partial charge >= 0.3 is 5.97 Å². The molecule has 5 N–H and O–H groups in total. The summed E-state index contributed by atoms with van der Waals surface area (Å²) in [5.41, 5.74) is 10.5. The van der Waals surface area contributed by atoms with Crippen LogP contribution in [0.15, 0.2) is 0 Å². The fourth-order valence-electron chi connectivity index (χ4n) is 0.396. The Morgan fingerprint density at radius 1 is 1.50 bits per heavy atom. The van der Waals surface area contributed by atoms with Gasteiger partial charge in [-0.25, -0.2) is 0 Å². The van der Waals surface area contributed by atoms with Crippen LogP contribution >= 0.6 is 11.8 Å². The molecule has 0 aromatic heterocycles. The SMILES string of the molecule is CC(=O)C(N)SC[C@@H](N)C(=O)O. The van der Waals surface area contributed by atoms with Gasteiger partial charge in [0, 0.05) is 5.75 Å². The zero-order chi connectivity index (χ0) is 9.72. The van der Waals surface area contributed by atoms with Gasteiger partial charge in [-0.15, -0.1) is 11.8 Å². The number of thioether (sulfide) groups is 1. The van der Waals surface area contributed by atoms with E-state index in [-0.39, 0.29) is 11.5 Å².